The van der Waals surface area contributed by atoms with Gasteiger partial charge in [-0.1, -0.05) is 61.0 Å². The van der Waals surface area contributed by atoms with Crippen LogP contribution in [0.25, 0.3) is 6.08 Å². The fraction of sp³-hybridized carbons (Fsp3) is 0.125. The van der Waals surface area contributed by atoms with Crippen LogP contribution in [0.5, 0.6) is 5.75 Å². The molecule has 1 aromatic heterocycles. The monoisotopic (exact) mass is 600 g/mol. The first-order chi connectivity index (χ1) is 20.4. The lowest BCUT2D eigenvalue weighted by atomic mass is 10.1. The van der Waals surface area contributed by atoms with Crippen LogP contribution in [0.3, 0.4) is 0 Å². The molecule has 4 rings (SSSR count). The van der Waals surface area contributed by atoms with Crippen molar-refractivity contribution in [1.82, 2.24) is 10.3 Å². The van der Waals surface area contributed by atoms with Gasteiger partial charge in [0.25, 0.3) is 11.8 Å². The summed E-state index contributed by atoms with van der Waals surface area (Å²) in [5, 5.41) is 8.48. The summed E-state index contributed by atoms with van der Waals surface area (Å²) in [5.41, 5.74) is 1.56. The van der Waals surface area contributed by atoms with Gasteiger partial charge in [-0.15, -0.1) is 11.8 Å². The number of hydrogen-bond acceptors (Lipinski definition) is 6. The Bertz CT molecular complexity index is 1580. The van der Waals surface area contributed by atoms with Crippen LogP contribution >= 0.6 is 23.4 Å². The van der Waals surface area contributed by atoms with E-state index >= 15 is 0 Å². The number of methoxy groups -OCH3 is 1. The van der Waals surface area contributed by atoms with E-state index in [2.05, 4.69) is 20.9 Å². The zero-order valence-corrected chi connectivity index (χ0v) is 24.5. The first-order valence-electron chi connectivity index (χ1n) is 13.1. The molecule has 0 radical (unpaired) electrons. The van der Waals surface area contributed by atoms with Crippen LogP contribution in [0, 0.1) is 0 Å². The number of ether oxygens (including phenoxy) is 1. The number of para-hydroxylation sites is 1. The van der Waals surface area contributed by atoms with E-state index in [1.165, 1.54) is 25.1 Å². The molecule has 0 saturated heterocycles. The van der Waals surface area contributed by atoms with Crippen molar-refractivity contribution in [3.8, 4) is 5.75 Å². The van der Waals surface area contributed by atoms with Crippen molar-refractivity contribution in [2.24, 2.45) is 0 Å². The van der Waals surface area contributed by atoms with Gasteiger partial charge in [-0.2, -0.15) is 0 Å². The number of benzene rings is 3. The van der Waals surface area contributed by atoms with Gasteiger partial charge < -0.3 is 20.7 Å². The summed E-state index contributed by atoms with van der Waals surface area (Å²) in [6.45, 7) is 1.92. The normalized spacial score (nSPS) is 11.7. The predicted octanol–water partition coefficient (Wildman–Crippen LogP) is 6.66. The minimum absolute atomic E-state index is 0.0349. The maximum atomic E-state index is 13.5. The summed E-state index contributed by atoms with van der Waals surface area (Å²) in [4.78, 5) is 44.2. The molecule has 0 spiro atoms. The van der Waals surface area contributed by atoms with Gasteiger partial charge in [-0.05, 0) is 61.0 Å². The van der Waals surface area contributed by atoms with Crippen LogP contribution < -0.4 is 20.7 Å². The molecule has 4 aromatic rings. The van der Waals surface area contributed by atoms with Gasteiger partial charge in [0, 0.05) is 27.9 Å². The van der Waals surface area contributed by atoms with Crippen LogP contribution in [-0.2, 0) is 9.59 Å². The van der Waals surface area contributed by atoms with Gasteiger partial charge in [0.05, 0.1) is 17.4 Å². The summed E-state index contributed by atoms with van der Waals surface area (Å²) in [7, 11) is 1.54. The number of anilines is 2. The Balaban J connectivity index is 1.52. The largest absolute Gasteiger partial charge is 0.496 e. The second-order valence-electron chi connectivity index (χ2n) is 8.97. The molecule has 214 valence electrons. The highest BCUT2D eigenvalue weighted by Gasteiger charge is 2.20. The van der Waals surface area contributed by atoms with Crippen LogP contribution in [0.4, 0.5) is 11.5 Å². The average Bonchev–Trinajstić information content (AvgIpc) is 3.01. The molecular weight excluding hydrogens is 572 g/mol. The van der Waals surface area contributed by atoms with E-state index in [4.69, 9.17) is 16.3 Å². The number of aromatic nitrogens is 1. The van der Waals surface area contributed by atoms with Crippen LogP contribution in [0.2, 0.25) is 5.02 Å². The number of amides is 3. The maximum Gasteiger partial charge on any atom is 0.272 e. The number of hydrogen-bond donors (Lipinski definition) is 3. The van der Waals surface area contributed by atoms with E-state index in [0.29, 0.717) is 39.8 Å². The number of rotatable bonds is 11. The van der Waals surface area contributed by atoms with Crippen molar-refractivity contribution in [3.63, 3.8) is 0 Å². The van der Waals surface area contributed by atoms with E-state index in [1.54, 1.807) is 78.9 Å². The number of thioether (sulfide) groups is 1. The Hall–Kier alpha value is -4.60. The zero-order chi connectivity index (χ0) is 29.9. The van der Waals surface area contributed by atoms with Crippen molar-refractivity contribution in [1.29, 1.82) is 0 Å². The zero-order valence-electron chi connectivity index (χ0n) is 23.0. The quantitative estimate of drug-likeness (QED) is 0.131. The highest BCUT2D eigenvalue weighted by Crippen LogP contribution is 2.29. The van der Waals surface area contributed by atoms with Crippen molar-refractivity contribution in [3.05, 3.63) is 119 Å². The second kappa shape index (κ2) is 14.9. The van der Waals surface area contributed by atoms with E-state index in [0.717, 1.165) is 4.90 Å². The standard InChI is InChI=1S/C32H29ClN4O4S/c1-3-28(32(40)37-29-17-16-23(33)20-34-29)42-25-14-9-13-24(19-25)35-31(39)26(18-22-12-7-8-15-27(22)41-2)36-30(38)21-10-5-4-6-11-21/h4-20,28H,3H2,1-2H3,(H,35,39)(H,36,38)(H,34,37,40)/b26-18+. The first kappa shape index (κ1) is 30.4. The molecule has 0 aliphatic carbocycles. The van der Waals surface area contributed by atoms with Gasteiger partial charge in [-0.3, -0.25) is 14.4 Å². The summed E-state index contributed by atoms with van der Waals surface area (Å²) in [6, 6.07) is 26.3. The molecule has 1 atom stereocenters. The highest BCUT2D eigenvalue weighted by molar-refractivity contribution is 8.00. The summed E-state index contributed by atoms with van der Waals surface area (Å²) < 4.78 is 5.42. The SMILES string of the molecule is CCC(Sc1cccc(NC(=O)/C(=C\c2ccccc2OC)NC(=O)c2ccccc2)c1)C(=O)Nc1ccc(Cl)cn1. The maximum absolute atomic E-state index is 13.5. The van der Waals surface area contributed by atoms with Crippen molar-refractivity contribution in [2.75, 3.05) is 17.7 Å². The van der Waals surface area contributed by atoms with E-state index in [9.17, 15) is 14.4 Å². The molecule has 0 bridgehead atoms. The lowest BCUT2D eigenvalue weighted by Crippen LogP contribution is -2.30. The topological polar surface area (TPSA) is 109 Å². The molecule has 8 nitrogen and oxygen atoms in total. The molecule has 3 amide bonds. The Labute approximate surface area is 253 Å². The third kappa shape index (κ3) is 8.45. The molecule has 3 N–H and O–H groups in total. The smallest absolute Gasteiger partial charge is 0.272 e. The Morgan fingerprint density at radius 3 is 2.43 bits per heavy atom. The number of carbonyl (C=O) groups is 3. The summed E-state index contributed by atoms with van der Waals surface area (Å²) in [5.74, 6) is -0.184. The predicted molar refractivity (Wildman–Crippen MR) is 168 cm³/mol. The van der Waals surface area contributed by atoms with Gasteiger partial charge >= 0.3 is 0 Å². The summed E-state index contributed by atoms with van der Waals surface area (Å²) in [6.07, 6.45) is 3.60. The fourth-order valence-corrected chi connectivity index (χ4v) is 5.00. The number of pyridine rings is 1. The number of nitrogens with one attached hydrogen (secondary N) is 3. The van der Waals surface area contributed by atoms with Crippen molar-refractivity contribution >= 4 is 58.7 Å². The average molecular weight is 601 g/mol. The third-order valence-electron chi connectivity index (χ3n) is 5.98. The molecular formula is C32H29ClN4O4S. The number of nitrogens with zero attached hydrogens (tertiary/aromatic N) is 1. The second-order valence-corrected chi connectivity index (χ2v) is 10.7. The molecule has 0 aliphatic rings. The minimum Gasteiger partial charge on any atom is -0.496 e. The molecule has 42 heavy (non-hydrogen) atoms. The van der Waals surface area contributed by atoms with Gasteiger partial charge in [0.2, 0.25) is 5.91 Å². The number of halogens is 1. The van der Waals surface area contributed by atoms with Gasteiger partial charge in [-0.25, -0.2) is 4.98 Å². The van der Waals surface area contributed by atoms with Crippen LogP contribution in [-0.4, -0.2) is 35.1 Å². The Morgan fingerprint density at radius 2 is 1.71 bits per heavy atom. The molecule has 0 fully saturated rings. The Morgan fingerprint density at radius 1 is 0.952 bits per heavy atom. The minimum atomic E-state index is -0.522. The third-order valence-corrected chi connectivity index (χ3v) is 7.56. The molecule has 3 aromatic carbocycles. The summed E-state index contributed by atoms with van der Waals surface area (Å²) >= 11 is 7.25. The lowest BCUT2D eigenvalue weighted by molar-refractivity contribution is -0.116. The van der Waals surface area contributed by atoms with Crippen LogP contribution in [0.15, 0.2) is 108 Å². The molecule has 0 saturated carbocycles. The molecule has 10 heteroatoms. The van der Waals surface area contributed by atoms with E-state index < -0.39 is 17.1 Å². The number of carbonyl (C=O) groups excluding carboxylic acids is 3. The van der Waals surface area contributed by atoms with Gasteiger partial charge in [0.15, 0.2) is 0 Å². The van der Waals surface area contributed by atoms with E-state index in [-0.39, 0.29) is 11.6 Å². The molecule has 1 unspecified atom stereocenters. The fourth-order valence-electron chi connectivity index (χ4n) is 3.87. The molecule has 1 heterocycles. The highest BCUT2D eigenvalue weighted by atomic mass is 35.5. The Kier molecular flexibility index (Phi) is 10.7. The molecule has 0 aliphatic heterocycles. The first-order valence-corrected chi connectivity index (χ1v) is 14.3. The van der Waals surface area contributed by atoms with E-state index in [1.807, 2.05) is 25.1 Å². The lowest BCUT2D eigenvalue weighted by Gasteiger charge is -2.16. The van der Waals surface area contributed by atoms with Crippen molar-refractivity contribution in [2.45, 2.75) is 23.5 Å². The van der Waals surface area contributed by atoms with Crippen molar-refractivity contribution < 1.29 is 19.1 Å². The van der Waals surface area contributed by atoms with Gasteiger partial charge in [0.1, 0.15) is 17.3 Å². The van der Waals surface area contributed by atoms with Crippen LogP contribution in [0.1, 0.15) is 29.3 Å².